The third-order valence-electron chi connectivity index (χ3n) is 8.65. The second-order valence-electron chi connectivity index (χ2n) is 11.6. The molecule has 1 aliphatic carbocycles. The van der Waals surface area contributed by atoms with Crippen molar-refractivity contribution >= 4 is 41.2 Å². The first-order valence-electron chi connectivity index (χ1n) is 14.0. The average molecular weight is 580 g/mol. The SMILES string of the molecule is CCC(C)C(/C=C1/c2nc3cc(F)c(C)c4c3c(c2CN1C)C(NC(=O)C(C)(C)C(=O)NN)CC4)=C(/C=O)COC=O. The van der Waals surface area contributed by atoms with Gasteiger partial charge in [0.25, 0.3) is 6.47 Å². The first-order chi connectivity index (χ1) is 19.9. The van der Waals surface area contributed by atoms with Crippen LogP contribution in [0.5, 0.6) is 0 Å². The highest BCUT2D eigenvalue weighted by atomic mass is 19.1. The Labute approximate surface area is 244 Å². The molecular weight excluding hydrogens is 541 g/mol. The molecule has 1 aromatic carbocycles. The second-order valence-corrected chi connectivity index (χ2v) is 11.6. The predicted molar refractivity (Wildman–Crippen MR) is 156 cm³/mol. The van der Waals surface area contributed by atoms with Gasteiger partial charge in [0.2, 0.25) is 11.8 Å². The Morgan fingerprint density at radius 1 is 1.29 bits per heavy atom. The number of nitrogens with one attached hydrogen (secondary N) is 2. The van der Waals surface area contributed by atoms with Gasteiger partial charge in [0.05, 0.1) is 22.9 Å². The molecular formula is C31H38FN5O5. The number of aryl methyl sites for hydroxylation is 1. The van der Waals surface area contributed by atoms with Crippen LogP contribution in [0.25, 0.3) is 16.6 Å². The zero-order chi connectivity index (χ0) is 30.9. The fraction of sp³-hybridized carbons (Fsp3) is 0.452. The molecule has 0 spiro atoms. The van der Waals surface area contributed by atoms with Crippen molar-refractivity contribution < 1.29 is 28.3 Å². The van der Waals surface area contributed by atoms with E-state index in [-0.39, 0.29) is 18.3 Å². The van der Waals surface area contributed by atoms with Crippen LogP contribution in [0, 0.1) is 24.1 Å². The summed E-state index contributed by atoms with van der Waals surface area (Å²) in [5.41, 5.74) is 6.66. The van der Waals surface area contributed by atoms with Crippen LogP contribution >= 0.6 is 0 Å². The number of fused-ring (bicyclic) bond motifs is 2. The highest BCUT2D eigenvalue weighted by Crippen LogP contribution is 2.45. The quantitative estimate of drug-likeness (QED) is 0.0972. The maximum atomic E-state index is 15.1. The van der Waals surface area contributed by atoms with Crippen LogP contribution < -0.4 is 16.6 Å². The average Bonchev–Trinajstić information content (AvgIpc) is 3.28. The second kappa shape index (κ2) is 12.0. The largest absolute Gasteiger partial charge is 0.463 e. The summed E-state index contributed by atoms with van der Waals surface area (Å²) >= 11 is 0. The number of nitrogens with two attached hydrogens (primary N) is 1. The smallest absolute Gasteiger partial charge is 0.293 e. The molecule has 10 nitrogen and oxygen atoms in total. The summed E-state index contributed by atoms with van der Waals surface area (Å²) in [6.45, 7) is 9.35. The van der Waals surface area contributed by atoms with Crippen molar-refractivity contribution in [1.29, 1.82) is 0 Å². The van der Waals surface area contributed by atoms with Gasteiger partial charge in [-0.2, -0.15) is 0 Å². The minimum atomic E-state index is -1.42. The van der Waals surface area contributed by atoms with Gasteiger partial charge in [-0.25, -0.2) is 15.2 Å². The number of hydrogen-bond acceptors (Lipinski definition) is 8. The number of benzene rings is 1. The van der Waals surface area contributed by atoms with Gasteiger partial charge in [-0.3, -0.25) is 24.6 Å². The molecule has 0 fully saturated rings. The number of carbonyl (C=O) groups excluding carboxylic acids is 4. The van der Waals surface area contributed by atoms with Gasteiger partial charge in [0, 0.05) is 36.2 Å². The van der Waals surface area contributed by atoms with Crippen LogP contribution in [0.3, 0.4) is 0 Å². The van der Waals surface area contributed by atoms with Crippen LogP contribution in [0.1, 0.15) is 74.5 Å². The lowest BCUT2D eigenvalue weighted by Crippen LogP contribution is -2.50. The van der Waals surface area contributed by atoms with E-state index in [0.717, 1.165) is 39.8 Å². The summed E-state index contributed by atoms with van der Waals surface area (Å²) in [5, 5.41) is 3.88. The number of amides is 2. The van der Waals surface area contributed by atoms with Crippen molar-refractivity contribution in [3.8, 4) is 0 Å². The first kappa shape index (κ1) is 30.8. The minimum Gasteiger partial charge on any atom is -0.463 e. The highest BCUT2D eigenvalue weighted by Gasteiger charge is 2.40. The number of allylic oxidation sites excluding steroid dienone is 2. The number of pyridine rings is 1. The maximum Gasteiger partial charge on any atom is 0.293 e. The Hall–Kier alpha value is -4.12. The predicted octanol–water partition coefficient (Wildman–Crippen LogP) is 3.30. The summed E-state index contributed by atoms with van der Waals surface area (Å²) in [5.74, 6) is 3.85. The summed E-state index contributed by atoms with van der Waals surface area (Å²) in [7, 11) is 1.90. The molecule has 4 rings (SSSR count). The molecule has 2 atom stereocenters. The number of nitrogens with zero attached hydrogens (tertiary/aromatic N) is 2. The fourth-order valence-corrected chi connectivity index (χ4v) is 5.82. The molecule has 0 saturated heterocycles. The van der Waals surface area contributed by atoms with E-state index in [1.54, 1.807) is 6.92 Å². The van der Waals surface area contributed by atoms with Crippen molar-refractivity contribution in [2.24, 2.45) is 17.2 Å². The molecule has 0 radical (unpaired) electrons. The molecule has 224 valence electrons. The van der Waals surface area contributed by atoms with Crippen LogP contribution in [0.15, 0.2) is 23.3 Å². The molecule has 2 aliphatic rings. The molecule has 1 aliphatic heterocycles. The van der Waals surface area contributed by atoms with Crippen molar-refractivity contribution in [1.82, 2.24) is 20.6 Å². The Morgan fingerprint density at radius 2 is 2.00 bits per heavy atom. The minimum absolute atomic E-state index is 0.0288. The van der Waals surface area contributed by atoms with Gasteiger partial charge >= 0.3 is 0 Å². The number of ether oxygens (including phenoxy) is 1. The molecule has 42 heavy (non-hydrogen) atoms. The summed E-state index contributed by atoms with van der Waals surface area (Å²) in [6, 6.07) is 0.965. The molecule has 2 amide bonds. The molecule has 11 heteroatoms. The standard InChI is InChI=1S/C31H38FN5O5/c1-7-16(2)20(18(13-38)14-42-15-39)10-25-28-21(12-37(25)6)27-23(35-29(40)31(4,5)30(41)36-33)9-8-19-17(3)22(32)11-24(34-28)26(19)27/h10-11,13,15-16,23H,7-9,12,14,33H2,1-6H3,(H,35,40)(H,36,41)/b20-18-,25-10-. The molecule has 4 N–H and O–H groups in total. The zero-order valence-electron chi connectivity index (χ0n) is 24.9. The van der Waals surface area contributed by atoms with E-state index < -0.39 is 23.3 Å². The molecule has 0 saturated carbocycles. The van der Waals surface area contributed by atoms with Gasteiger partial charge in [0.15, 0.2) is 0 Å². The van der Waals surface area contributed by atoms with E-state index in [1.807, 2.05) is 31.9 Å². The van der Waals surface area contributed by atoms with Gasteiger partial charge in [-0.1, -0.05) is 13.8 Å². The lowest BCUT2D eigenvalue weighted by molar-refractivity contribution is -0.142. The van der Waals surface area contributed by atoms with E-state index >= 15 is 4.39 Å². The van der Waals surface area contributed by atoms with Gasteiger partial charge in [-0.05, 0) is 74.3 Å². The first-order valence-corrected chi connectivity index (χ1v) is 14.0. The van der Waals surface area contributed by atoms with Crippen LogP contribution in [-0.2, 0) is 36.9 Å². The summed E-state index contributed by atoms with van der Waals surface area (Å²) in [4.78, 5) is 55.6. The normalized spacial score (nSPS) is 18.3. The van der Waals surface area contributed by atoms with Crippen molar-refractivity contribution in [2.75, 3.05) is 13.7 Å². The molecule has 2 unspecified atom stereocenters. The Bertz CT molecular complexity index is 1530. The van der Waals surface area contributed by atoms with Gasteiger partial charge in [0.1, 0.15) is 24.1 Å². The lowest BCUT2D eigenvalue weighted by Gasteiger charge is -2.32. The fourth-order valence-electron chi connectivity index (χ4n) is 5.82. The Morgan fingerprint density at radius 3 is 2.62 bits per heavy atom. The van der Waals surface area contributed by atoms with Gasteiger partial charge < -0.3 is 15.0 Å². The third kappa shape index (κ3) is 5.29. The molecule has 2 heterocycles. The number of rotatable bonds is 10. The van der Waals surface area contributed by atoms with E-state index in [0.29, 0.717) is 54.5 Å². The number of halogens is 1. The number of hydrogen-bond donors (Lipinski definition) is 3. The van der Waals surface area contributed by atoms with Crippen LogP contribution in [0.2, 0.25) is 0 Å². The van der Waals surface area contributed by atoms with Crippen LogP contribution in [-0.4, -0.2) is 48.1 Å². The molecule has 0 bridgehead atoms. The number of aldehydes is 1. The zero-order valence-corrected chi connectivity index (χ0v) is 24.9. The summed E-state index contributed by atoms with van der Waals surface area (Å²) < 4.78 is 20.0. The van der Waals surface area contributed by atoms with E-state index in [2.05, 4.69) is 10.7 Å². The Balaban J connectivity index is 1.96. The lowest BCUT2D eigenvalue weighted by atomic mass is 9.81. The monoisotopic (exact) mass is 579 g/mol. The number of carbonyl (C=O) groups is 4. The van der Waals surface area contributed by atoms with E-state index in [4.69, 9.17) is 15.6 Å². The number of hydrazine groups is 1. The highest BCUT2D eigenvalue weighted by molar-refractivity contribution is 6.04. The van der Waals surface area contributed by atoms with Crippen LogP contribution in [0.4, 0.5) is 4.39 Å². The van der Waals surface area contributed by atoms with E-state index in [9.17, 15) is 19.2 Å². The van der Waals surface area contributed by atoms with Crippen molar-refractivity contribution in [3.05, 3.63) is 57.1 Å². The molecule has 1 aromatic heterocycles. The van der Waals surface area contributed by atoms with Crippen molar-refractivity contribution in [2.45, 2.75) is 66.5 Å². The van der Waals surface area contributed by atoms with E-state index in [1.165, 1.54) is 19.9 Å². The number of aromatic nitrogens is 1. The summed E-state index contributed by atoms with van der Waals surface area (Å²) in [6.07, 6.45) is 4.36. The van der Waals surface area contributed by atoms with Gasteiger partial charge in [-0.15, -0.1) is 0 Å². The van der Waals surface area contributed by atoms with Crippen molar-refractivity contribution in [3.63, 3.8) is 0 Å². The molecule has 2 aromatic rings. The maximum absolute atomic E-state index is 15.1. The third-order valence-corrected chi connectivity index (χ3v) is 8.65. The Kier molecular flexibility index (Phi) is 8.81. The topological polar surface area (TPSA) is 144 Å².